The molecule has 7 heteroatoms. The molecule has 1 heterocycles. The number of benzene rings is 1. The van der Waals surface area contributed by atoms with Crippen LogP contribution in [0.2, 0.25) is 0 Å². The number of rotatable bonds is 7. The van der Waals surface area contributed by atoms with Crippen molar-refractivity contribution in [1.29, 1.82) is 0 Å². The predicted octanol–water partition coefficient (Wildman–Crippen LogP) is 2.65. The first-order chi connectivity index (χ1) is 11.8. The molecule has 1 atom stereocenters. The van der Waals surface area contributed by atoms with E-state index in [-0.39, 0.29) is 10.8 Å². The number of likely N-dealkylation sites (tertiary alicyclic amines) is 1. The van der Waals surface area contributed by atoms with Gasteiger partial charge in [0.25, 0.3) is 0 Å². The quantitative estimate of drug-likeness (QED) is 0.785. The van der Waals surface area contributed by atoms with Crippen LogP contribution in [-0.4, -0.2) is 50.4 Å². The van der Waals surface area contributed by atoms with E-state index in [9.17, 15) is 13.2 Å². The minimum atomic E-state index is -3.71. The van der Waals surface area contributed by atoms with Crippen LogP contribution in [-0.2, 0) is 14.8 Å². The zero-order valence-electron chi connectivity index (χ0n) is 15.2. The van der Waals surface area contributed by atoms with Gasteiger partial charge in [0.1, 0.15) is 6.04 Å². The van der Waals surface area contributed by atoms with Crippen LogP contribution in [0.5, 0.6) is 0 Å². The van der Waals surface area contributed by atoms with Crippen molar-refractivity contribution in [1.82, 2.24) is 9.62 Å². The first kappa shape index (κ1) is 20.3. The van der Waals surface area contributed by atoms with Crippen molar-refractivity contribution in [3.63, 3.8) is 0 Å². The SMILES string of the molecule is CSCC[C@H](NS(=O)(=O)c1ccc(C)cc1)C(=O)N1CCC(C)CC1. The number of hydrogen-bond donors (Lipinski definition) is 1. The lowest BCUT2D eigenvalue weighted by Gasteiger charge is -2.33. The molecule has 1 aliphatic rings. The number of nitrogens with zero attached hydrogens (tertiary/aromatic N) is 1. The zero-order chi connectivity index (χ0) is 18.4. The first-order valence-electron chi connectivity index (χ1n) is 8.70. The van der Waals surface area contributed by atoms with Gasteiger partial charge >= 0.3 is 0 Å². The number of hydrogen-bond acceptors (Lipinski definition) is 4. The molecular weight excluding hydrogens is 356 g/mol. The summed E-state index contributed by atoms with van der Waals surface area (Å²) in [5, 5.41) is 0. The van der Waals surface area contributed by atoms with Gasteiger partial charge in [-0.1, -0.05) is 24.6 Å². The Hall–Kier alpha value is -1.05. The van der Waals surface area contributed by atoms with E-state index < -0.39 is 16.1 Å². The van der Waals surface area contributed by atoms with Crippen molar-refractivity contribution in [3.8, 4) is 0 Å². The summed E-state index contributed by atoms with van der Waals surface area (Å²) < 4.78 is 28.0. The maximum absolute atomic E-state index is 12.9. The maximum atomic E-state index is 12.9. The Morgan fingerprint density at radius 2 is 1.88 bits per heavy atom. The monoisotopic (exact) mass is 384 g/mol. The molecule has 2 rings (SSSR count). The lowest BCUT2D eigenvalue weighted by Crippen LogP contribution is -2.50. The van der Waals surface area contributed by atoms with Crippen molar-refractivity contribution in [2.75, 3.05) is 25.1 Å². The Morgan fingerprint density at radius 3 is 2.44 bits per heavy atom. The van der Waals surface area contributed by atoms with Crippen LogP contribution in [0.15, 0.2) is 29.2 Å². The largest absolute Gasteiger partial charge is 0.341 e. The third kappa shape index (κ3) is 5.72. The summed E-state index contributed by atoms with van der Waals surface area (Å²) in [6.45, 7) is 5.52. The summed E-state index contributed by atoms with van der Waals surface area (Å²) in [5.41, 5.74) is 0.997. The van der Waals surface area contributed by atoms with Crippen LogP contribution in [0.25, 0.3) is 0 Å². The van der Waals surface area contributed by atoms with Crippen LogP contribution >= 0.6 is 11.8 Å². The molecule has 25 heavy (non-hydrogen) atoms. The van der Waals surface area contributed by atoms with Crippen LogP contribution in [0, 0.1) is 12.8 Å². The summed E-state index contributed by atoms with van der Waals surface area (Å²) >= 11 is 1.61. The Labute approximate surface area is 155 Å². The fourth-order valence-corrected chi connectivity index (χ4v) is 4.59. The number of thioether (sulfide) groups is 1. The summed E-state index contributed by atoms with van der Waals surface area (Å²) in [5.74, 6) is 1.26. The number of carbonyl (C=O) groups is 1. The molecule has 0 bridgehead atoms. The van der Waals surface area contributed by atoms with Gasteiger partial charge in [-0.15, -0.1) is 0 Å². The fraction of sp³-hybridized carbons (Fsp3) is 0.611. The summed E-state index contributed by atoms with van der Waals surface area (Å²) in [6, 6.07) is 5.98. The topological polar surface area (TPSA) is 66.5 Å². The molecule has 0 unspecified atom stereocenters. The number of amides is 1. The van der Waals surface area contributed by atoms with Crippen LogP contribution in [0.3, 0.4) is 0 Å². The Bertz CT molecular complexity index is 666. The molecule has 0 aromatic heterocycles. The van der Waals surface area contributed by atoms with E-state index in [1.807, 2.05) is 18.1 Å². The van der Waals surface area contributed by atoms with Crippen molar-refractivity contribution in [2.45, 2.75) is 44.0 Å². The minimum Gasteiger partial charge on any atom is -0.341 e. The highest BCUT2D eigenvalue weighted by Crippen LogP contribution is 2.19. The summed E-state index contributed by atoms with van der Waals surface area (Å²) in [6.07, 6.45) is 4.41. The van der Waals surface area contributed by atoms with Crippen molar-refractivity contribution < 1.29 is 13.2 Å². The molecule has 0 aliphatic carbocycles. The number of piperidine rings is 1. The van der Waals surface area contributed by atoms with E-state index in [0.29, 0.717) is 25.4 Å². The molecular formula is C18H28N2O3S2. The van der Waals surface area contributed by atoms with E-state index in [4.69, 9.17) is 0 Å². The van der Waals surface area contributed by atoms with Crippen LogP contribution in [0.1, 0.15) is 31.7 Å². The molecule has 0 spiro atoms. The van der Waals surface area contributed by atoms with Crippen LogP contribution in [0.4, 0.5) is 0 Å². The molecule has 1 amide bonds. The maximum Gasteiger partial charge on any atom is 0.241 e. The minimum absolute atomic E-state index is 0.100. The van der Waals surface area contributed by atoms with E-state index >= 15 is 0 Å². The Kier molecular flexibility index (Phi) is 7.34. The van der Waals surface area contributed by atoms with Crippen molar-refractivity contribution in [2.24, 2.45) is 5.92 Å². The van der Waals surface area contributed by atoms with Gasteiger partial charge in [0.15, 0.2) is 0 Å². The molecule has 0 radical (unpaired) electrons. The Balaban J connectivity index is 2.13. The van der Waals surface area contributed by atoms with Gasteiger partial charge < -0.3 is 4.90 Å². The van der Waals surface area contributed by atoms with Gasteiger partial charge in [-0.3, -0.25) is 4.79 Å². The first-order valence-corrected chi connectivity index (χ1v) is 11.6. The molecule has 1 N–H and O–H groups in total. The number of carbonyl (C=O) groups excluding carboxylic acids is 1. The summed E-state index contributed by atoms with van der Waals surface area (Å²) in [7, 11) is -3.71. The fourth-order valence-electron chi connectivity index (χ4n) is 2.89. The second-order valence-corrected chi connectivity index (χ2v) is 9.48. The van der Waals surface area contributed by atoms with E-state index in [1.54, 1.807) is 36.0 Å². The van der Waals surface area contributed by atoms with Gasteiger partial charge in [-0.05, 0) is 56.2 Å². The van der Waals surface area contributed by atoms with Crippen LogP contribution < -0.4 is 4.72 Å². The van der Waals surface area contributed by atoms with Crippen molar-refractivity contribution in [3.05, 3.63) is 29.8 Å². The third-order valence-electron chi connectivity index (χ3n) is 4.63. The highest BCUT2D eigenvalue weighted by molar-refractivity contribution is 7.98. The highest BCUT2D eigenvalue weighted by Gasteiger charge is 2.30. The second kappa shape index (κ2) is 9.05. The molecule has 140 valence electrons. The molecule has 1 aromatic carbocycles. The van der Waals surface area contributed by atoms with E-state index in [2.05, 4.69) is 11.6 Å². The van der Waals surface area contributed by atoms with Gasteiger partial charge in [0, 0.05) is 13.1 Å². The number of sulfonamides is 1. The predicted molar refractivity (Wildman–Crippen MR) is 103 cm³/mol. The number of aryl methyl sites for hydroxylation is 1. The van der Waals surface area contributed by atoms with E-state index in [1.165, 1.54) is 0 Å². The second-order valence-electron chi connectivity index (χ2n) is 6.78. The number of nitrogens with one attached hydrogen (secondary N) is 1. The van der Waals surface area contributed by atoms with E-state index in [0.717, 1.165) is 24.2 Å². The van der Waals surface area contributed by atoms with Gasteiger partial charge in [0.05, 0.1) is 4.90 Å². The zero-order valence-corrected chi connectivity index (χ0v) is 16.8. The van der Waals surface area contributed by atoms with Gasteiger partial charge in [0.2, 0.25) is 15.9 Å². The van der Waals surface area contributed by atoms with Gasteiger partial charge in [-0.25, -0.2) is 8.42 Å². The third-order valence-corrected chi connectivity index (χ3v) is 6.76. The average molecular weight is 385 g/mol. The summed E-state index contributed by atoms with van der Waals surface area (Å²) in [4.78, 5) is 14.9. The molecule has 1 fully saturated rings. The van der Waals surface area contributed by atoms with Crippen molar-refractivity contribution >= 4 is 27.7 Å². The highest BCUT2D eigenvalue weighted by atomic mass is 32.2. The normalized spacial score (nSPS) is 17.5. The molecule has 1 saturated heterocycles. The lowest BCUT2D eigenvalue weighted by atomic mass is 9.98. The Morgan fingerprint density at radius 1 is 1.28 bits per heavy atom. The molecule has 5 nitrogen and oxygen atoms in total. The molecule has 1 aliphatic heterocycles. The standard InChI is InChI=1S/C18H28N2O3S2/c1-14-4-6-16(7-5-14)25(22,23)19-17(10-13-24-3)18(21)20-11-8-15(2)9-12-20/h4-7,15,17,19H,8-13H2,1-3H3/t17-/m0/s1. The van der Waals surface area contributed by atoms with Gasteiger partial charge in [-0.2, -0.15) is 16.5 Å². The molecule has 0 saturated carbocycles. The smallest absolute Gasteiger partial charge is 0.241 e. The lowest BCUT2D eigenvalue weighted by molar-refractivity contribution is -0.134. The average Bonchev–Trinajstić information content (AvgIpc) is 2.59. The molecule has 1 aromatic rings.